The molecule has 0 saturated carbocycles. The SMILES string of the molecule is CC#CN=CCC. The second-order valence-electron chi connectivity index (χ2n) is 1.08. The third-order valence-corrected chi connectivity index (χ3v) is 0.450. The van der Waals surface area contributed by atoms with E-state index in [1.54, 1.807) is 13.1 Å². The van der Waals surface area contributed by atoms with Gasteiger partial charge in [0, 0.05) is 12.3 Å². The Morgan fingerprint density at radius 1 is 1.71 bits per heavy atom. The normalized spacial score (nSPS) is 8.29. The molecule has 38 valence electrons. The largest absolute Gasteiger partial charge is 0.210 e. The highest BCUT2D eigenvalue weighted by Crippen LogP contribution is 1.65. The first-order valence-corrected chi connectivity index (χ1v) is 2.35. The zero-order chi connectivity index (χ0) is 5.54. The van der Waals surface area contributed by atoms with E-state index in [-0.39, 0.29) is 0 Å². The Hall–Kier alpha value is -0.770. The molecule has 0 rings (SSSR count). The summed E-state index contributed by atoms with van der Waals surface area (Å²) in [6.45, 7) is 3.80. The van der Waals surface area contributed by atoms with Crippen molar-refractivity contribution in [3.05, 3.63) is 0 Å². The Kier molecular flexibility index (Phi) is 4.65. The maximum Gasteiger partial charge on any atom is 0.0330 e. The molecule has 0 aliphatic rings. The standard InChI is InChI=1S/C6H9N/c1-3-5-7-6-4-2/h5H,3H2,1-2H3. The van der Waals surface area contributed by atoms with E-state index >= 15 is 0 Å². The molecule has 0 aromatic heterocycles. The van der Waals surface area contributed by atoms with Crippen molar-refractivity contribution < 1.29 is 0 Å². The van der Waals surface area contributed by atoms with Crippen LogP contribution in [0.25, 0.3) is 0 Å². The van der Waals surface area contributed by atoms with Gasteiger partial charge in [-0.2, -0.15) is 0 Å². The lowest BCUT2D eigenvalue weighted by atomic mass is 10.5. The highest BCUT2D eigenvalue weighted by molar-refractivity contribution is 5.58. The fraction of sp³-hybridized carbons (Fsp3) is 0.500. The van der Waals surface area contributed by atoms with Crippen molar-refractivity contribution in [1.29, 1.82) is 0 Å². The number of aliphatic imine (C=N–C) groups is 1. The predicted molar refractivity (Wildman–Crippen MR) is 32.2 cm³/mol. The monoisotopic (exact) mass is 95.1 g/mol. The van der Waals surface area contributed by atoms with Gasteiger partial charge in [-0.1, -0.05) is 12.8 Å². The second-order valence-corrected chi connectivity index (χ2v) is 1.08. The summed E-state index contributed by atoms with van der Waals surface area (Å²) in [5.41, 5.74) is 0. The third kappa shape index (κ3) is 5.23. The smallest absolute Gasteiger partial charge is 0.0330 e. The van der Waals surface area contributed by atoms with Crippen molar-refractivity contribution in [1.82, 2.24) is 0 Å². The van der Waals surface area contributed by atoms with Crippen LogP contribution in [0.3, 0.4) is 0 Å². The van der Waals surface area contributed by atoms with Crippen LogP contribution in [0.5, 0.6) is 0 Å². The maximum atomic E-state index is 3.72. The Labute approximate surface area is 44.5 Å². The molecule has 0 aromatic carbocycles. The van der Waals surface area contributed by atoms with Crippen LogP contribution in [0.15, 0.2) is 4.99 Å². The second kappa shape index (κ2) is 5.23. The van der Waals surface area contributed by atoms with E-state index in [9.17, 15) is 0 Å². The minimum Gasteiger partial charge on any atom is -0.210 e. The molecule has 0 atom stereocenters. The number of rotatable bonds is 1. The average Bonchev–Trinajstić information content (AvgIpc) is 1.69. The van der Waals surface area contributed by atoms with Crippen molar-refractivity contribution in [3.8, 4) is 12.0 Å². The Morgan fingerprint density at radius 2 is 2.43 bits per heavy atom. The van der Waals surface area contributed by atoms with Gasteiger partial charge in [0.2, 0.25) is 0 Å². The van der Waals surface area contributed by atoms with Crippen LogP contribution in [0.4, 0.5) is 0 Å². The molecule has 7 heavy (non-hydrogen) atoms. The van der Waals surface area contributed by atoms with Crippen LogP contribution in [-0.2, 0) is 0 Å². The lowest BCUT2D eigenvalue weighted by Gasteiger charge is -1.66. The molecule has 0 bridgehead atoms. The van der Waals surface area contributed by atoms with E-state index in [1.165, 1.54) is 0 Å². The third-order valence-electron chi connectivity index (χ3n) is 0.450. The summed E-state index contributed by atoms with van der Waals surface area (Å²) in [4.78, 5) is 3.72. The number of nitrogens with zero attached hydrogens (tertiary/aromatic N) is 1. The van der Waals surface area contributed by atoms with Crippen LogP contribution < -0.4 is 0 Å². The molecule has 0 saturated heterocycles. The summed E-state index contributed by atoms with van der Waals surface area (Å²) in [5, 5.41) is 0. The topological polar surface area (TPSA) is 12.4 Å². The summed E-state index contributed by atoms with van der Waals surface area (Å²) in [6, 6.07) is 2.57. The first kappa shape index (κ1) is 6.23. The van der Waals surface area contributed by atoms with Gasteiger partial charge in [0.1, 0.15) is 0 Å². The zero-order valence-electron chi connectivity index (χ0n) is 4.73. The van der Waals surface area contributed by atoms with Crippen molar-refractivity contribution >= 4 is 6.21 Å². The fourth-order valence-electron chi connectivity index (χ4n) is 0.201. The quantitative estimate of drug-likeness (QED) is 0.345. The van der Waals surface area contributed by atoms with E-state index in [0.717, 1.165) is 6.42 Å². The molecule has 0 aromatic rings. The molecule has 1 nitrogen and oxygen atoms in total. The summed E-state index contributed by atoms with van der Waals surface area (Å²) in [5.74, 6) is 2.65. The maximum absolute atomic E-state index is 3.72. The van der Waals surface area contributed by atoms with Gasteiger partial charge in [-0.15, -0.1) is 0 Å². The van der Waals surface area contributed by atoms with Crippen molar-refractivity contribution in [2.75, 3.05) is 0 Å². The summed E-state index contributed by atoms with van der Waals surface area (Å²) >= 11 is 0. The lowest BCUT2D eigenvalue weighted by molar-refractivity contribution is 1.32. The van der Waals surface area contributed by atoms with Gasteiger partial charge in [-0.3, -0.25) is 0 Å². The molecule has 1 heteroatoms. The Morgan fingerprint density at radius 3 is 2.86 bits per heavy atom. The van der Waals surface area contributed by atoms with E-state index < -0.39 is 0 Å². The van der Waals surface area contributed by atoms with Gasteiger partial charge in [0.05, 0.1) is 0 Å². The highest BCUT2D eigenvalue weighted by atomic mass is 14.6. The van der Waals surface area contributed by atoms with Crippen LogP contribution in [0.2, 0.25) is 0 Å². The predicted octanol–water partition coefficient (Wildman–Crippen LogP) is 1.45. The van der Waals surface area contributed by atoms with Gasteiger partial charge in [-0.25, -0.2) is 4.99 Å². The minimum absolute atomic E-state index is 0.967. The average molecular weight is 95.1 g/mol. The van der Waals surface area contributed by atoms with Crippen molar-refractivity contribution in [2.45, 2.75) is 20.3 Å². The zero-order valence-corrected chi connectivity index (χ0v) is 4.73. The summed E-state index contributed by atoms with van der Waals surface area (Å²) in [7, 11) is 0. The van der Waals surface area contributed by atoms with Gasteiger partial charge in [0.15, 0.2) is 0 Å². The molecule has 0 aliphatic heterocycles. The van der Waals surface area contributed by atoms with E-state index in [0.29, 0.717) is 0 Å². The first-order chi connectivity index (χ1) is 3.41. The van der Waals surface area contributed by atoms with Gasteiger partial charge >= 0.3 is 0 Å². The summed E-state index contributed by atoms with van der Waals surface area (Å²) < 4.78 is 0. The molecule has 0 aliphatic carbocycles. The van der Waals surface area contributed by atoms with Crippen LogP contribution >= 0.6 is 0 Å². The van der Waals surface area contributed by atoms with Gasteiger partial charge in [-0.05, 0) is 13.3 Å². The molecular formula is C6H9N. The summed E-state index contributed by atoms with van der Waals surface area (Å²) in [6.07, 6.45) is 2.76. The van der Waals surface area contributed by atoms with Gasteiger partial charge in [0.25, 0.3) is 0 Å². The van der Waals surface area contributed by atoms with Crippen molar-refractivity contribution in [2.24, 2.45) is 4.99 Å². The van der Waals surface area contributed by atoms with Gasteiger partial charge < -0.3 is 0 Å². The van der Waals surface area contributed by atoms with Crippen molar-refractivity contribution in [3.63, 3.8) is 0 Å². The lowest BCUT2D eigenvalue weighted by Crippen LogP contribution is -1.61. The molecule has 0 unspecified atom stereocenters. The molecule has 0 radical (unpaired) electrons. The Bertz CT molecular complexity index is 103. The first-order valence-electron chi connectivity index (χ1n) is 2.35. The molecule has 0 N–H and O–H groups in total. The fourth-order valence-corrected chi connectivity index (χ4v) is 0.201. The Balaban J connectivity index is 3.21. The molecule has 0 fully saturated rings. The minimum atomic E-state index is 0.967. The van der Waals surface area contributed by atoms with Crippen LogP contribution in [-0.4, -0.2) is 6.21 Å². The number of hydrogen-bond donors (Lipinski definition) is 0. The van der Waals surface area contributed by atoms with Crippen LogP contribution in [0.1, 0.15) is 20.3 Å². The highest BCUT2D eigenvalue weighted by Gasteiger charge is 1.57. The molecule has 0 amide bonds. The van der Waals surface area contributed by atoms with Crippen LogP contribution in [0, 0.1) is 12.0 Å². The molecule has 0 spiro atoms. The van der Waals surface area contributed by atoms with E-state index in [1.807, 2.05) is 6.92 Å². The molecular weight excluding hydrogens is 86.1 g/mol. The number of hydrogen-bond acceptors (Lipinski definition) is 1. The molecule has 0 heterocycles. The van der Waals surface area contributed by atoms with E-state index in [2.05, 4.69) is 17.0 Å². The van der Waals surface area contributed by atoms with E-state index in [4.69, 9.17) is 0 Å².